The van der Waals surface area contributed by atoms with E-state index in [4.69, 9.17) is 41.3 Å². The third-order valence-corrected chi connectivity index (χ3v) is 7.94. The minimum Gasteiger partial charge on any atom is -0.467 e. The molecule has 3 rings (SSSR count). The van der Waals surface area contributed by atoms with Crippen LogP contribution in [0.4, 0.5) is 0 Å². The lowest BCUT2D eigenvalue weighted by atomic mass is 9.83. The lowest BCUT2D eigenvalue weighted by Crippen LogP contribution is -2.69. The number of carbonyl (C=O) groups excluding carboxylic acids is 1. The van der Waals surface area contributed by atoms with Gasteiger partial charge in [-0.25, -0.2) is 0 Å². The van der Waals surface area contributed by atoms with Gasteiger partial charge in [-0.15, -0.1) is 0 Å². The number of hydrogen-bond acceptors (Lipinski definition) is 16. The van der Waals surface area contributed by atoms with Gasteiger partial charge < -0.3 is 82.7 Å². The van der Waals surface area contributed by atoms with Gasteiger partial charge in [-0.3, -0.25) is 4.79 Å². The fraction of sp³-hybridized carbons (Fsp3) is 0.885. The van der Waals surface area contributed by atoms with Crippen LogP contribution in [0, 0.1) is 0 Å². The van der Waals surface area contributed by atoms with E-state index in [0.29, 0.717) is 12.2 Å². The molecule has 2 fully saturated rings. The molecule has 0 aromatic rings. The highest BCUT2D eigenvalue weighted by Gasteiger charge is 2.51. The van der Waals surface area contributed by atoms with Crippen LogP contribution < -0.4 is 33.2 Å². The van der Waals surface area contributed by atoms with E-state index in [-0.39, 0.29) is 39.1 Å². The average molecular weight is 623 g/mol. The SMILES string of the molecule is CN[C@@H]1[C@@H](O)[C@@H](O[C@@H]2[C@@H](O)[C@H](O[C@H]3OC(CNC[C@H](O)CO)=CC[C@H]3N)[C@@H](N)C[C@H]2NC(=O)[C@@H](O)CCN)OC[C@]1(C)O. The van der Waals surface area contributed by atoms with Gasteiger partial charge in [0.25, 0.3) is 0 Å². The molecular weight excluding hydrogens is 572 g/mol. The Labute approximate surface area is 250 Å². The van der Waals surface area contributed by atoms with Crippen molar-refractivity contribution in [3.05, 3.63) is 11.8 Å². The minimum absolute atomic E-state index is 0.00831. The number of nitrogens with two attached hydrogens (primary N) is 3. The molecule has 1 saturated heterocycles. The lowest BCUT2D eigenvalue weighted by molar-refractivity contribution is -0.304. The first kappa shape index (κ1) is 35.9. The van der Waals surface area contributed by atoms with Gasteiger partial charge in [-0.05, 0) is 45.9 Å². The maximum atomic E-state index is 12.7. The van der Waals surface area contributed by atoms with Crippen LogP contribution in [-0.2, 0) is 23.7 Å². The van der Waals surface area contributed by atoms with Crippen molar-refractivity contribution in [3.8, 4) is 0 Å². The predicted molar refractivity (Wildman–Crippen MR) is 151 cm³/mol. The molecule has 0 unspecified atom stereocenters. The Morgan fingerprint density at radius 1 is 1.16 bits per heavy atom. The molecule has 0 aromatic carbocycles. The van der Waals surface area contributed by atoms with E-state index in [0.717, 1.165) is 0 Å². The molecule has 1 saturated carbocycles. The number of likely N-dealkylation sites (N-methyl/N-ethyl adjacent to an activating group) is 1. The molecule has 0 spiro atoms. The molecule has 2 heterocycles. The number of ether oxygens (including phenoxy) is 4. The van der Waals surface area contributed by atoms with Crippen LogP contribution in [0.25, 0.3) is 0 Å². The first-order chi connectivity index (χ1) is 20.3. The number of hydrogen-bond donors (Lipinski definition) is 12. The van der Waals surface area contributed by atoms with Gasteiger partial charge in [0.05, 0.1) is 44.0 Å². The maximum absolute atomic E-state index is 12.7. The van der Waals surface area contributed by atoms with Gasteiger partial charge in [0, 0.05) is 12.6 Å². The molecule has 13 atom stereocenters. The highest BCUT2D eigenvalue weighted by Crippen LogP contribution is 2.32. The third kappa shape index (κ3) is 9.24. The first-order valence-corrected chi connectivity index (χ1v) is 14.6. The summed E-state index contributed by atoms with van der Waals surface area (Å²) in [6, 6.07) is -3.24. The van der Waals surface area contributed by atoms with E-state index in [1.54, 1.807) is 13.1 Å². The van der Waals surface area contributed by atoms with Crippen LogP contribution >= 0.6 is 0 Å². The second kappa shape index (κ2) is 16.1. The van der Waals surface area contributed by atoms with Crippen molar-refractivity contribution in [3.63, 3.8) is 0 Å². The molecule has 250 valence electrons. The van der Waals surface area contributed by atoms with E-state index >= 15 is 0 Å². The van der Waals surface area contributed by atoms with Gasteiger partial charge in [0.2, 0.25) is 12.2 Å². The highest BCUT2D eigenvalue weighted by molar-refractivity contribution is 5.80. The Hall–Kier alpha value is -1.55. The lowest BCUT2D eigenvalue weighted by Gasteiger charge is -2.48. The first-order valence-electron chi connectivity index (χ1n) is 14.6. The summed E-state index contributed by atoms with van der Waals surface area (Å²) in [6.07, 6.45) is -7.68. The molecular formula is C26H50N6O11. The zero-order chi connectivity index (χ0) is 31.9. The summed E-state index contributed by atoms with van der Waals surface area (Å²) in [7, 11) is 1.56. The van der Waals surface area contributed by atoms with Crippen molar-refractivity contribution in [1.29, 1.82) is 0 Å². The molecule has 1 amide bonds. The van der Waals surface area contributed by atoms with Crippen molar-refractivity contribution in [2.45, 2.75) is 105 Å². The van der Waals surface area contributed by atoms with E-state index < -0.39 is 91.5 Å². The smallest absolute Gasteiger partial charge is 0.249 e. The van der Waals surface area contributed by atoms with Crippen LogP contribution in [0.15, 0.2) is 11.8 Å². The Kier molecular flexibility index (Phi) is 13.5. The number of carbonyl (C=O) groups is 1. The van der Waals surface area contributed by atoms with Crippen LogP contribution in [0.2, 0.25) is 0 Å². The zero-order valence-electron chi connectivity index (χ0n) is 24.6. The maximum Gasteiger partial charge on any atom is 0.249 e. The number of amides is 1. The number of nitrogens with one attached hydrogen (secondary N) is 3. The molecule has 0 radical (unpaired) electrons. The van der Waals surface area contributed by atoms with Crippen LogP contribution in [0.3, 0.4) is 0 Å². The molecule has 1 aliphatic carbocycles. The van der Waals surface area contributed by atoms with Crippen molar-refractivity contribution in [1.82, 2.24) is 16.0 Å². The number of aliphatic hydroxyl groups excluding tert-OH is 5. The monoisotopic (exact) mass is 622 g/mol. The molecule has 17 nitrogen and oxygen atoms in total. The standard InChI is InChI=1S/C26H50N6O11/c1-26(39)11-40-25(19(37)22(26)30-2)43-21-16(32-23(38)17(35)5-6-27)7-15(29)20(18(21)36)42-24-14(28)4-3-13(41-24)9-31-8-12(34)10-33/h3,12,14-22,24-25,30-31,33-37,39H,4-11,27-29H2,1-2H3,(H,32,38)/t12-,14+,15-,16+,17-,18-,19+,20+,21-,22+,24+,25+,26-/m0/s1. The summed E-state index contributed by atoms with van der Waals surface area (Å²) in [5.74, 6) is -0.262. The average Bonchev–Trinajstić information content (AvgIpc) is 2.95. The largest absolute Gasteiger partial charge is 0.467 e. The normalized spacial score (nSPS) is 39.8. The van der Waals surface area contributed by atoms with Gasteiger partial charge >= 0.3 is 0 Å². The second-order valence-corrected chi connectivity index (χ2v) is 11.6. The molecule has 2 aliphatic heterocycles. The van der Waals surface area contributed by atoms with E-state index in [9.17, 15) is 30.3 Å². The van der Waals surface area contributed by atoms with E-state index in [2.05, 4.69) is 16.0 Å². The summed E-state index contributed by atoms with van der Waals surface area (Å²) in [4.78, 5) is 12.7. The van der Waals surface area contributed by atoms with Gasteiger partial charge in [-0.1, -0.05) is 0 Å². The highest BCUT2D eigenvalue weighted by atomic mass is 16.7. The molecule has 17 heteroatoms. The van der Waals surface area contributed by atoms with Crippen molar-refractivity contribution in [2.24, 2.45) is 17.2 Å². The predicted octanol–water partition coefficient (Wildman–Crippen LogP) is -6.00. The third-order valence-electron chi connectivity index (χ3n) is 7.94. The topological polar surface area (TPSA) is 290 Å². The molecule has 3 aliphatic rings. The van der Waals surface area contributed by atoms with Crippen molar-refractivity contribution in [2.75, 3.05) is 39.9 Å². The summed E-state index contributed by atoms with van der Waals surface area (Å²) in [6.45, 7) is 1.33. The fourth-order valence-electron chi connectivity index (χ4n) is 5.51. The molecule has 0 aromatic heterocycles. The summed E-state index contributed by atoms with van der Waals surface area (Å²) < 4.78 is 23.7. The summed E-state index contributed by atoms with van der Waals surface area (Å²) >= 11 is 0. The van der Waals surface area contributed by atoms with Crippen molar-refractivity contribution >= 4 is 5.91 Å². The zero-order valence-corrected chi connectivity index (χ0v) is 24.6. The van der Waals surface area contributed by atoms with Gasteiger partial charge in [-0.2, -0.15) is 0 Å². The molecule has 0 bridgehead atoms. The van der Waals surface area contributed by atoms with E-state index in [1.165, 1.54) is 6.92 Å². The fourth-order valence-corrected chi connectivity index (χ4v) is 5.51. The number of rotatable bonds is 14. The quantitative estimate of drug-likeness (QED) is 0.0858. The van der Waals surface area contributed by atoms with Gasteiger partial charge in [0.15, 0.2) is 6.29 Å². The van der Waals surface area contributed by atoms with Crippen molar-refractivity contribution < 1.29 is 54.4 Å². The summed E-state index contributed by atoms with van der Waals surface area (Å²) in [5.41, 5.74) is 16.7. The second-order valence-electron chi connectivity index (χ2n) is 11.6. The Morgan fingerprint density at radius 2 is 1.86 bits per heavy atom. The Bertz CT molecular complexity index is 917. The Morgan fingerprint density at radius 3 is 2.51 bits per heavy atom. The summed E-state index contributed by atoms with van der Waals surface area (Å²) in [5, 5.41) is 70.3. The van der Waals surface area contributed by atoms with Crippen LogP contribution in [0.5, 0.6) is 0 Å². The van der Waals surface area contributed by atoms with Gasteiger partial charge in [0.1, 0.15) is 41.9 Å². The van der Waals surface area contributed by atoms with Crippen LogP contribution in [-0.4, -0.2) is 155 Å². The number of aliphatic hydroxyl groups is 6. The molecule has 15 N–H and O–H groups in total. The van der Waals surface area contributed by atoms with Crippen LogP contribution in [0.1, 0.15) is 26.2 Å². The van der Waals surface area contributed by atoms with E-state index in [1.807, 2.05) is 0 Å². The molecule has 43 heavy (non-hydrogen) atoms. The minimum atomic E-state index is -1.49. The Balaban J connectivity index is 1.76.